The van der Waals surface area contributed by atoms with E-state index in [1.165, 1.54) is 24.4 Å². The zero-order valence-corrected chi connectivity index (χ0v) is 14.0. The van der Waals surface area contributed by atoms with Gasteiger partial charge in [-0.3, -0.25) is 19.4 Å². The molecular weight excluding hydrogens is 344 g/mol. The molecule has 0 saturated carbocycles. The third-order valence-corrected chi connectivity index (χ3v) is 4.17. The lowest BCUT2D eigenvalue weighted by atomic mass is 10.0. The number of rotatable bonds is 3. The molecule has 0 atom stereocenters. The molecule has 3 aromatic heterocycles. The van der Waals surface area contributed by atoms with E-state index >= 15 is 0 Å². The average molecular weight is 358 g/mol. The molecule has 0 radical (unpaired) electrons. The van der Waals surface area contributed by atoms with Gasteiger partial charge in [-0.25, -0.2) is 0 Å². The molecule has 1 aromatic carbocycles. The van der Waals surface area contributed by atoms with Crippen LogP contribution in [0.5, 0.6) is 0 Å². The van der Waals surface area contributed by atoms with E-state index in [0.29, 0.717) is 11.3 Å². The zero-order chi connectivity index (χ0) is 18.8. The third-order valence-electron chi connectivity index (χ3n) is 4.17. The van der Waals surface area contributed by atoms with E-state index in [1.807, 2.05) is 24.3 Å². The van der Waals surface area contributed by atoms with Crippen LogP contribution < -0.4 is 16.4 Å². The molecule has 1 amide bonds. The smallest absolute Gasteiger partial charge is 0.261 e. The molecule has 4 rings (SSSR count). The number of amides is 1. The Labute approximate surface area is 152 Å². The molecule has 27 heavy (non-hydrogen) atoms. The standard InChI is InChI=1S/C20H14N4O3/c25-18-6-5-14(10-22-18)24-20(27)16-7-13(9-23-19(16)26)17-11-21-8-12-3-1-2-4-15(12)17/h1-11H,(H,22,25)(H,23,26)(H,24,27). The minimum Gasteiger partial charge on any atom is -0.328 e. The van der Waals surface area contributed by atoms with Crippen molar-refractivity contribution in [2.45, 2.75) is 0 Å². The predicted molar refractivity (Wildman–Crippen MR) is 103 cm³/mol. The predicted octanol–water partition coefficient (Wildman–Crippen LogP) is 2.53. The van der Waals surface area contributed by atoms with Crippen LogP contribution in [0.1, 0.15) is 10.4 Å². The van der Waals surface area contributed by atoms with Gasteiger partial charge >= 0.3 is 0 Å². The molecule has 7 heteroatoms. The summed E-state index contributed by atoms with van der Waals surface area (Å²) in [7, 11) is 0. The summed E-state index contributed by atoms with van der Waals surface area (Å²) in [6, 6.07) is 12.0. The molecule has 4 aromatic rings. The van der Waals surface area contributed by atoms with Crippen LogP contribution in [0.3, 0.4) is 0 Å². The maximum atomic E-state index is 12.5. The van der Waals surface area contributed by atoms with Gasteiger partial charge in [-0.1, -0.05) is 24.3 Å². The van der Waals surface area contributed by atoms with Gasteiger partial charge in [0.1, 0.15) is 5.56 Å². The number of carbonyl (C=O) groups excluding carboxylic acids is 1. The highest BCUT2D eigenvalue weighted by Crippen LogP contribution is 2.27. The van der Waals surface area contributed by atoms with E-state index in [1.54, 1.807) is 18.6 Å². The van der Waals surface area contributed by atoms with Crippen molar-refractivity contribution >= 4 is 22.4 Å². The fourth-order valence-electron chi connectivity index (χ4n) is 2.84. The number of fused-ring (bicyclic) bond motifs is 1. The van der Waals surface area contributed by atoms with Crippen LogP contribution in [0.25, 0.3) is 21.9 Å². The number of nitrogens with one attached hydrogen (secondary N) is 3. The van der Waals surface area contributed by atoms with E-state index in [9.17, 15) is 14.4 Å². The highest BCUT2D eigenvalue weighted by molar-refractivity contribution is 6.05. The maximum Gasteiger partial charge on any atom is 0.261 e. The minimum atomic E-state index is -0.571. The summed E-state index contributed by atoms with van der Waals surface area (Å²) in [5.41, 5.74) is 1.04. The molecule has 3 N–H and O–H groups in total. The van der Waals surface area contributed by atoms with Crippen molar-refractivity contribution in [2.75, 3.05) is 5.32 Å². The van der Waals surface area contributed by atoms with Crippen LogP contribution >= 0.6 is 0 Å². The van der Waals surface area contributed by atoms with Crippen LogP contribution in [0.15, 0.2) is 76.8 Å². The van der Waals surface area contributed by atoms with E-state index in [-0.39, 0.29) is 11.1 Å². The topological polar surface area (TPSA) is 108 Å². The number of aromatic nitrogens is 3. The fourth-order valence-corrected chi connectivity index (χ4v) is 2.84. The van der Waals surface area contributed by atoms with Crippen molar-refractivity contribution in [3.8, 4) is 11.1 Å². The van der Waals surface area contributed by atoms with Gasteiger partial charge in [-0.05, 0) is 17.5 Å². The number of nitrogens with zero attached hydrogens (tertiary/aromatic N) is 1. The van der Waals surface area contributed by atoms with Gasteiger partial charge in [0.05, 0.1) is 5.69 Å². The molecule has 0 bridgehead atoms. The summed E-state index contributed by atoms with van der Waals surface area (Å²) in [5.74, 6) is -0.571. The van der Waals surface area contributed by atoms with Crippen LogP contribution in [-0.4, -0.2) is 20.9 Å². The Bertz CT molecular complexity index is 1250. The van der Waals surface area contributed by atoms with Gasteiger partial charge in [-0.15, -0.1) is 0 Å². The van der Waals surface area contributed by atoms with Gasteiger partial charge in [0.15, 0.2) is 0 Å². The molecule has 0 fully saturated rings. The Balaban J connectivity index is 1.75. The number of hydrogen-bond acceptors (Lipinski definition) is 4. The summed E-state index contributed by atoms with van der Waals surface area (Å²) < 4.78 is 0. The lowest BCUT2D eigenvalue weighted by molar-refractivity contribution is 0.102. The Morgan fingerprint density at radius 1 is 0.963 bits per heavy atom. The highest BCUT2D eigenvalue weighted by Gasteiger charge is 2.14. The molecular formula is C20H14N4O3. The first-order chi connectivity index (χ1) is 13.1. The summed E-state index contributed by atoms with van der Waals surface area (Å²) >= 11 is 0. The Kier molecular flexibility index (Phi) is 4.10. The SMILES string of the molecule is O=C(Nc1ccc(=O)[nH]c1)c1cc(-c2cncc3ccccc23)c[nH]c1=O. The number of hydrogen-bond donors (Lipinski definition) is 3. The fraction of sp³-hybridized carbons (Fsp3) is 0. The molecule has 0 aliphatic heterocycles. The normalized spacial score (nSPS) is 10.7. The number of carbonyl (C=O) groups is 1. The number of anilines is 1. The van der Waals surface area contributed by atoms with Crippen molar-refractivity contribution in [1.82, 2.24) is 15.0 Å². The van der Waals surface area contributed by atoms with Gasteiger partial charge < -0.3 is 15.3 Å². The second-order valence-corrected chi connectivity index (χ2v) is 5.94. The van der Waals surface area contributed by atoms with E-state index in [4.69, 9.17) is 0 Å². The lowest BCUT2D eigenvalue weighted by Gasteiger charge is -2.08. The largest absolute Gasteiger partial charge is 0.328 e. The molecule has 132 valence electrons. The Morgan fingerprint density at radius 3 is 2.63 bits per heavy atom. The van der Waals surface area contributed by atoms with Crippen molar-refractivity contribution in [3.63, 3.8) is 0 Å². The zero-order valence-electron chi connectivity index (χ0n) is 14.0. The molecule has 3 heterocycles. The summed E-state index contributed by atoms with van der Waals surface area (Å²) in [4.78, 5) is 45.1. The molecule has 0 unspecified atom stereocenters. The van der Waals surface area contributed by atoms with Crippen molar-refractivity contribution in [3.05, 3.63) is 93.5 Å². The second kappa shape index (κ2) is 6.72. The number of pyridine rings is 3. The van der Waals surface area contributed by atoms with E-state index < -0.39 is 11.5 Å². The first kappa shape index (κ1) is 16.5. The van der Waals surface area contributed by atoms with Gasteiger partial charge in [0.25, 0.3) is 11.5 Å². The van der Waals surface area contributed by atoms with Crippen molar-refractivity contribution < 1.29 is 4.79 Å². The number of aromatic amines is 2. The summed E-state index contributed by atoms with van der Waals surface area (Å²) in [6.45, 7) is 0. The first-order valence-corrected chi connectivity index (χ1v) is 8.18. The number of benzene rings is 1. The molecule has 0 aliphatic rings. The van der Waals surface area contributed by atoms with Crippen molar-refractivity contribution in [1.29, 1.82) is 0 Å². The summed E-state index contributed by atoms with van der Waals surface area (Å²) in [6.07, 6.45) is 6.38. The van der Waals surface area contributed by atoms with Crippen LogP contribution in [0.2, 0.25) is 0 Å². The summed E-state index contributed by atoms with van der Waals surface area (Å²) in [5, 5.41) is 4.52. The minimum absolute atomic E-state index is 0.0355. The third kappa shape index (κ3) is 3.25. The van der Waals surface area contributed by atoms with E-state index in [2.05, 4.69) is 20.3 Å². The Hall–Kier alpha value is -4.00. The molecule has 7 nitrogen and oxygen atoms in total. The highest BCUT2D eigenvalue weighted by atomic mass is 16.2. The molecule has 0 saturated heterocycles. The number of H-pyrrole nitrogens is 2. The van der Waals surface area contributed by atoms with Gasteiger partial charge in [0, 0.05) is 47.4 Å². The quantitative estimate of drug-likeness (QED) is 0.523. The monoisotopic (exact) mass is 358 g/mol. The van der Waals surface area contributed by atoms with Gasteiger partial charge in [-0.2, -0.15) is 0 Å². The van der Waals surface area contributed by atoms with Crippen LogP contribution in [-0.2, 0) is 0 Å². The van der Waals surface area contributed by atoms with Crippen LogP contribution in [0, 0.1) is 0 Å². The van der Waals surface area contributed by atoms with Gasteiger partial charge in [0.2, 0.25) is 5.56 Å². The Morgan fingerprint density at radius 2 is 1.81 bits per heavy atom. The van der Waals surface area contributed by atoms with Crippen molar-refractivity contribution in [2.24, 2.45) is 0 Å². The molecule has 0 spiro atoms. The van der Waals surface area contributed by atoms with Crippen LogP contribution in [0.4, 0.5) is 5.69 Å². The molecule has 0 aliphatic carbocycles. The lowest BCUT2D eigenvalue weighted by Crippen LogP contribution is -2.23. The first-order valence-electron chi connectivity index (χ1n) is 8.18. The average Bonchev–Trinajstić information content (AvgIpc) is 2.69. The second-order valence-electron chi connectivity index (χ2n) is 5.94. The van der Waals surface area contributed by atoms with E-state index in [0.717, 1.165) is 16.3 Å². The maximum absolute atomic E-state index is 12.5.